The second kappa shape index (κ2) is 8.48. The molecule has 1 aromatic carbocycles. The second-order valence-electron chi connectivity index (χ2n) is 5.86. The van der Waals surface area contributed by atoms with Crippen molar-refractivity contribution in [3.05, 3.63) is 35.9 Å². The van der Waals surface area contributed by atoms with Crippen LogP contribution in [0.2, 0.25) is 0 Å². The minimum Gasteiger partial charge on any atom is -0.356 e. The van der Waals surface area contributed by atoms with E-state index in [0.717, 1.165) is 41.9 Å². The van der Waals surface area contributed by atoms with Crippen LogP contribution in [-0.4, -0.2) is 39.3 Å². The number of piperidine rings is 1. The molecule has 1 saturated heterocycles. The van der Waals surface area contributed by atoms with Crippen LogP contribution in [0.15, 0.2) is 34.7 Å². The molecule has 0 saturated carbocycles. The molecule has 7 heteroatoms. The number of benzene rings is 1. The predicted molar refractivity (Wildman–Crippen MR) is 99.4 cm³/mol. The molecule has 2 aromatic rings. The maximum absolute atomic E-state index is 12.5. The number of amides is 1. The third-order valence-electron chi connectivity index (χ3n) is 3.99. The summed E-state index contributed by atoms with van der Waals surface area (Å²) in [4.78, 5) is 14.4. The fourth-order valence-electron chi connectivity index (χ4n) is 2.68. The Morgan fingerprint density at radius 3 is 2.75 bits per heavy atom. The van der Waals surface area contributed by atoms with Gasteiger partial charge in [-0.2, -0.15) is 0 Å². The molecule has 1 unspecified atom stereocenters. The lowest BCUT2D eigenvalue weighted by Crippen LogP contribution is -2.40. The molecule has 1 aliphatic heterocycles. The highest BCUT2D eigenvalue weighted by Crippen LogP contribution is 2.30. The SMILES string of the molecule is CC(Sc1nnc(NCc2ccccc2)s1)C(=O)N1CCCCC1. The van der Waals surface area contributed by atoms with E-state index in [-0.39, 0.29) is 11.2 Å². The highest BCUT2D eigenvalue weighted by Gasteiger charge is 2.24. The highest BCUT2D eigenvalue weighted by molar-refractivity contribution is 8.02. The van der Waals surface area contributed by atoms with Crippen LogP contribution in [0.1, 0.15) is 31.7 Å². The first-order chi connectivity index (χ1) is 11.7. The number of nitrogens with one attached hydrogen (secondary N) is 1. The predicted octanol–water partition coefficient (Wildman–Crippen LogP) is 3.64. The van der Waals surface area contributed by atoms with Crippen LogP contribution in [0.25, 0.3) is 0 Å². The number of hydrogen-bond acceptors (Lipinski definition) is 6. The smallest absolute Gasteiger partial charge is 0.235 e. The Morgan fingerprint density at radius 1 is 1.25 bits per heavy atom. The van der Waals surface area contributed by atoms with Crippen LogP contribution in [0.5, 0.6) is 0 Å². The van der Waals surface area contributed by atoms with Crippen LogP contribution < -0.4 is 5.32 Å². The van der Waals surface area contributed by atoms with Gasteiger partial charge < -0.3 is 10.2 Å². The number of anilines is 1. The normalized spacial score (nSPS) is 16.0. The van der Waals surface area contributed by atoms with Gasteiger partial charge in [0.25, 0.3) is 0 Å². The molecule has 0 spiro atoms. The second-order valence-corrected chi connectivity index (χ2v) is 8.42. The summed E-state index contributed by atoms with van der Waals surface area (Å²) in [7, 11) is 0. The van der Waals surface area contributed by atoms with Crippen molar-refractivity contribution in [2.45, 2.75) is 42.3 Å². The van der Waals surface area contributed by atoms with Crippen molar-refractivity contribution in [3.8, 4) is 0 Å². The molecular weight excluding hydrogens is 340 g/mol. The Labute approximate surface area is 150 Å². The van der Waals surface area contributed by atoms with E-state index >= 15 is 0 Å². The number of carbonyl (C=O) groups excluding carboxylic acids is 1. The first-order valence-corrected chi connectivity index (χ1v) is 9.99. The van der Waals surface area contributed by atoms with E-state index < -0.39 is 0 Å². The maximum atomic E-state index is 12.5. The Balaban J connectivity index is 1.50. The zero-order chi connectivity index (χ0) is 16.8. The van der Waals surface area contributed by atoms with Gasteiger partial charge in [-0.1, -0.05) is 53.4 Å². The zero-order valence-electron chi connectivity index (χ0n) is 13.8. The number of likely N-dealkylation sites (tertiary alicyclic amines) is 1. The van der Waals surface area contributed by atoms with Gasteiger partial charge in [0, 0.05) is 19.6 Å². The first-order valence-electron chi connectivity index (χ1n) is 8.29. The topological polar surface area (TPSA) is 58.1 Å². The van der Waals surface area contributed by atoms with E-state index in [4.69, 9.17) is 0 Å². The van der Waals surface area contributed by atoms with Gasteiger partial charge in [0.15, 0.2) is 4.34 Å². The number of thioether (sulfide) groups is 1. The molecule has 128 valence electrons. The molecule has 3 rings (SSSR count). The van der Waals surface area contributed by atoms with E-state index in [1.165, 1.54) is 35.1 Å². The van der Waals surface area contributed by atoms with Crippen molar-refractivity contribution in [1.82, 2.24) is 15.1 Å². The molecule has 1 N–H and O–H groups in total. The minimum absolute atomic E-state index is 0.113. The van der Waals surface area contributed by atoms with Gasteiger partial charge in [-0.15, -0.1) is 10.2 Å². The summed E-state index contributed by atoms with van der Waals surface area (Å²) in [5.74, 6) is 0.216. The Kier molecular flexibility index (Phi) is 6.09. The van der Waals surface area contributed by atoms with E-state index in [1.54, 1.807) is 0 Å². The van der Waals surface area contributed by atoms with Crippen molar-refractivity contribution in [3.63, 3.8) is 0 Å². The average Bonchev–Trinajstić information content (AvgIpc) is 3.08. The van der Waals surface area contributed by atoms with Crippen LogP contribution in [-0.2, 0) is 11.3 Å². The summed E-state index contributed by atoms with van der Waals surface area (Å²) >= 11 is 3.00. The summed E-state index contributed by atoms with van der Waals surface area (Å²) in [6.07, 6.45) is 3.48. The van der Waals surface area contributed by atoms with E-state index in [9.17, 15) is 4.79 Å². The summed E-state index contributed by atoms with van der Waals surface area (Å²) < 4.78 is 0.837. The van der Waals surface area contributed by atoms with Gasteiger partial charge in [0.2, 0.25) is 11.0 Å². The number of nitrogens with zero attached hydrogens (tertiary/aromatic N) is 3. The molecule has 1 amide bonds. The number of rotatable bonds is 6. The molecule has 0 bridgehead atoms. The molecule has 0 radical (unpaired) electrons. The van der Waals surface area contributed by atoms with E-state index in [0.29, 0.717) is 0 Å². The summed E-state index contributed by atoms with van der Waals surface area (Å²) in [6, 6.07) is 10.2. The summed E-state index contributed by atoms with van der Waals surface area (Å²) in [6.45, 7) is 4.47. The standard InChI is InChI=1S/C17H22N4OS2/c1-13(15(22)21-10-6-3-7-11-21)23-17-20-19-16(24-17)18-12-14-8-4-2-5-9-14/h2,4-5,8-9,13H,3,6-7,10-12H2,1H3,(H,18,19). The lowest BCUT2D eigenvalue weighted by molar-refractivity contribution is -0.131. The summed E-state index contributed by atoms with van der Waals surface area (Å²) in [5, 5.41) is 12.3. The van der Waals surface area contributed by atoms with Crippen LogP contribution in [0.4, 0.5) is 5.13 Å². The Bertz CT molecular complexity index is 656. The van der Waals surface area contributed by atoms with Crippen molar-refractivity contribution in [1.29, 1.82) is 0 Å². The molecule has 1 aromatic heterocycles. The van der Waals surface area contributed by atoms with Gasteiger partial charge in [0.05, 0.1) is 5.25 Å². The van der Waals surface area contributed by atoms with Gasteiger partial charge in [-0.3, -0.25) is 4.79 Å². The lowest BCUT2D eigenvalue weighted by Gasteiger charge is -2.28. The molecule has 5 nitrogen and oxygen atoms in total. The van der Waals surface area contributed by atoms with Gasteiger partial charge in [0.1, 0.15) is 0 Å². The Morgan fingerprint density at radius 2 is 2.00 bits per heavy atom. The van der Waals surface area contributed by atoms with Crippen molar-refractivity contribution in [2.24, 2.45) is 0 Å². The summed E-state index contributed by atoms with van der Waals surface area (Å²) in [5.41, 5.74) is 1.20. The van der Waals surface area contributed by atoms with Gasteiger partial charge in [-0.05, 0) is 31.7 Å². The van der Waals surface area contributed by atoms with Crippen molar-refractivity contribution >= 4 is 34.1 Å². The lowest BCUT2D eigenvalue weighted by atomic mass is 10.1. The zero-order valence-corrected chi connectivity index (χ0v) is 15.4. The quantitative estimate of drug-likeness (QED) is 0.795. The molecule has 1 fully saturated rings. The fourth-order valence-corrected chi connectivity index (χ4v) is 4.65. The van der Waals surface area contributed by atoms with Crippen LogP contribution in [0, 0.1) is 0 Å². The fraction of sp³-hybridized carbons (Fsp3) is 0.471. The number of carbonyl (C=O) groups is 1. The largest absolute Gasteiger partial charge is 0.356 e. The number of aromatic nitrogens is 2. The van der Waals surface area contributed by atoms with Crippen LogP contribution in [0.3, 0.4) is 0 Å². The monoisotopic (exact) mass is 362 g/mol. The van der Waals surface area contributed by atoms with Gasteiger partial charge in [-0.25, -0.2) is 0 Å². The minimum atomic E-state index is -0.113. The van der Waals surface area contributed by atoms with E-state index in [1.807, 2.05) is 30.0 Å². The molecule has 24 heavy (non-hydrogen) atoms. The van der Waals surface area contributed by atoms with Crippen LogP contribution >= 0.6 is 23.1 Å². The molecule has 2 heterocycles. The maximum Gasteiger partial charge on any atom is 0.235 e. The third kappa shape index (κ3) is 4.70. The molecule has 1 atom stereocenters. The van der Waals surface area contributed by atoms with Gasteiger partial charge >= 0.3 is 0 Å². The van der Waals surface area contributed by atoms with E-state index in [2.05, 4.69) is 27.6 Å². The van der Waals surface area contributed by atoms with Crippen molar-refractivity contribution in [2.75, 3.05) is 18.4 Å². The first kappa shape index (κ1) is 17.2. The highest BCUT2D eigenvalue weighted by atomic mass is 32.2. The molecule has 0 aliphatic carbocycles. The number of hydrogen-bond donors (Lipinski definition) is 1. The molecular formula is C17H22N4OS2. The Hall–Kier alpha value is -1.60. The third-order valence-corrected chi connectivity index (χ3v) is 6.04. The molecule has 1 aliphatic rings. The average molecular weight is 363 g/mol. The van der Waals surface area contributed by atoms with Crippen molar-refractivity contribution < 1.29 is 4.79 Å².